The fourth-order valence-corrected chi connectivity index (χ4v) is 4.55. The van der Waals surface area contributed by atoms with Crippen molar-refractivity contribution in [1.29, 1.82) is 0 Å². The molecule has 0 atom stereocenters. The number of carbonyl (C=O) groups excluding carboxylic acids is 1. The van der Waals surface area contributed by atoms with Crippen molar-refractivity contribution < 1.29 is 27.4 Å². The van der Waals surface area contributed by atoms with Crippen LogP contribution in [0.4, 0.5) is 11.4 Å². The van der Waals surface area contributed by atoms with E-state index in [1.165, 1.54) is 33.5 Å². The first-order valence-corrected chi connectivity index (χ1v) is 11.5. The number of methoxy groups -OCH3 is 3. The van der Waals surface area contributed by atoms with E-state index in [1.807, 2.05) is 6.92 Å². The fourth-order valence-electron chi connectivity index (χ4n) is 3.14. The molecule has 0 aromatic heterocycles. The highest BCUT2D eigenvalue weighted by molar-refractivity contribution is 7.92. The molecule has 9 heteroatoms. The summed E-state index contributed by atoms with van der Waals surface area (Å²) in [6.07, 6.45) is 0. The normalized spacial score (nSPS) is 10.9. The maximum absolute atomic E-state index is 13.5. The van der Waals surface area contributed by atoms with Crippen molar-refractivity contribution in [2.75, 3.05) is 37.5 Å². The Balaban J connectivity index is 1.96. The van der Waals surface area contributed by atoms with Crippen molar-refractivity contribution in [1.82, 2.24) is 0 Å². The Kier molecular flexibility index (Phi) is 7.44. The maximum Gasteiger partial charge on any atom is 0.264 e. The number of ether oxygens (including phenoxy) is 3. The standard InChI is InChI=1S/C24H26N2O6S/c1-17-8-11-21(12-9-17)33(28,29)26(18-6-5-7-19(14-18)30-2)16-24(27)25-22-13-10-20(31-3)15-23(22)32-4/h5-15H,16H2,1-4H3,(H,25,27). The summed E-state index contributed by atoms with van der Waals surface area (Å²) in [4.78, 5) is 13.0. The second-order valence-electron chi connectivity index (χ2n) is 7.14. The number of nitrogens with one attached hydrogen (secondary N) is 1. The zero-order valence-electron chi connectivity index (χ0n) is 18.9. The molecular formula is C24H26N2O6S. The smallest absolute Gasteiger partial charge is 0.264 e. The lowest BCUT2D eigenvalue weighted by Crippen LogP contribution is -2.38. The summed E-state index contributed by atoms with van der Waals surface area (Å²) in [7, 11) is 0.433. The van der Waals surface area contributed by atoms with Crippen molar-refractivity contribution >= 4 is 27.3 Å². The molecule has 0 unspecified atom stereocenters. The molecule has 33 heavy (non-hydrogen) atoms. The summed E-state index contributed by atoms with van der Waals surface area (Å²) < 4.78 is 43.8. The zero-order valence-corrected chi connectivity index (χ0v) is 19.7. The van der Waals surface area contributed by atoms with E-state index >= 15 is 0 Å². The topological polar surface area (TPSA) is 94.2 Å². The molecule has 3 aromatic carbocycles. The third kappa shape index (κ3) is 5.56. The molecule has 0 saturated carbocycles. The molecule has 174 valence electrons. The Labute approximate surface area is 193 Å². The zero-order chi connectivity index (χ0) is 24.0. The minimum absolute atomic E-state index is 0.0748. The molecule has 1 N–H and O–H groups in total. The van der Waals surface area contributed by atoms with Crippen LogP contribution in [0.3, 0.4) is 0 Å². The van der Waals surface area contributed by atoms with Gasteiger partial charge in [0, 0.05) is 12.1 Å². The number of anilines is 2. The first kappa shape index (κ1) is 23.9. The molecule has 0 radical (unpaired) electrons. The average Bonchev–Trinajstić information content (AvgIpc) is 2.83. The number of rotatable bonds is 9. The molecule has 3 aromatic rings. The average molecular weight is 471 g/mol. The minimum Gasteiger partial charge on any atom is -0.497 e. The molecule has 0 bridgehead atoms. The predicted octanol–water partition coefficient (Wildman–Crippen LogP) is 3.85. The highest BCUT2D eigenvalue weighted by Crippen LogP contribution is 2.30. The third-order valence-electron chi connectivity index (χ3n) is 4.92. The van der Waals surface area contributed by atoms with E-state index < -0.39 is 22.5 Å². The number of aryl methyl sites for hydroxylation is 1. The molecule has 3 rings (SSSR count). The summed E-state index contributed by atoms with van der Waals surface area (Å²) in [6, 6.07) is 17.9. The van der Waals surface area contributed by atoms with E-state index in [2.05, 4.69) is 5.32 Å². The van der Waals surface area contributed by atoms with Crippen LogP contribution in [0.1, 0.15) is 5.56 Å². The summed E-state index contributed by atoms with van der Waals surface area (Å²) in [6.45, 7) is 1.41. The number of sulfonamides is 1. The fraction of sp³-hybridized carbons (Fsp3) is 0.208. The first-order valence-electron chi connectivity index (χ1n) is 10.0. The molecule has 0 fully saturated rings. The number of benzene rings is 3. The van der Waals surface area contributed by atoms with Crippen molar-refractivity contribution in [3.8, 4) is 17.2 Å². The van der Waals surface area contributed by atoms with Crippen LogP contribution in [0.15, 0.2) is 71.6 Å². The van der Waals surface area contributed by atoms with Crippen LogP contribution < -0.4 is 23.8 Å². The van der Waals surface area contributed by atoms with Crippen LogP contribution >= 0.6 is 0 Å². The van der Waals surface area contributed by atoms with Gasteiger partial charge in [-0.2, -0.15) is 0 Å². The van der Waals surface area contributed by atoms with Crippen LogP contribution in [0.5, 0.6) is 17.2 Å². The predicted molar refractivity (Wildman–Crippen MR) is 127 cm³/mol. The Morgan fingerprint density at radius 1 is 0.879 bits per heavy atom. The Bertz CT molecular complexity index is 1230. The van der Waals surface area contributed by atoms with Crippen molar-refractivity contribution in [3.63, 3.8) is 0 Å². The second kappa shape index (κ2) is 10.3. The van der Waals surface area contributed by atoms with Crippen LogP contribution in [0.25, 0.3) is 0 Å². The van der Waals surface area contributed by atoms with Gasteiger partial charge in [0.15, 0.2) is 0 Å². The van der Waals surface area contributed by atoms with Gasteiger partial charge in [-0.05, 0) is 43.3 Å². The molecule has 8 nitrogen and oxygen atoms in total. The minimum atomic E-state index is -4.04. The van der Waals surface area contributed by atoms with Crippen molar-refractivity contribution in [3.05, 3.63) is 72.3 Å². The largest absolute Gasteiger partial charge is 0.497 e. The highest BCUT2D eigenvalue weighted by atomic mass is 32.2. The van der Waals surface area contributed by atoms with Gasteiger partial charge in [-0.1, -0.05) is 23.8 Å². The lowest BCUT2D eigenvalue weighted by molar-refractivity contribution is -0.114. The molecular weight excluding hydrogens is 444 g/mol. The van der Waals surface area contributed by atoms with Gasteiger partial charge in [0.25, 0.3) is 10.0 Å². The van der Waals surface area contributed by atoms with Gasteiger partial charge in [0.2, 0.25) is 5.91 Å². The molecule has 0 saturated heterocycles. The quantitative estimate of drug-likeness (QED) is 0.511. The molecule has 0 aliphatic rings. The van der Waals surface area contributed by atoms with Gasteiger partial charge in [-0.15, -0.1) is 0 Å². The molecule has 1 amide bonds. The maximum atomic E-state index is 13.5. The second-order valence-corrected chi connectivity index (χ2v) is 9.00. The van der Waals surface area contributed by atoms with Crippen molar-refractivity contribution in [2.45, 2.75) is 11.8 Å². The van der Waals surface area contributed by atoms with Crippen LogP contribution in [-0.2, 0) is 14.8 Å². The van der Waals surface area contributed by atoms with Gasteiger partial charge in [-0.3, -0.25) is 9.10 Å². The monoisotopic (exact) mass is 470 g/mol. The van der Waals surface area contributed by atoms with E-state index in [9.17, 15) is 13.2 Å². The number of hydrogen-bond donors (Lipinski definition) is 1. The first-order chi connectivity index (χ1) is 15.8. The Morgan fingerprint density at radius 3 is 2.18 bits per heavy atom. The number of carbonyl (C=O) groups is 1. The van der Waals surface area contributed by atoms with Gasteiger partial charge in [0.1, 0.15) is 23.8 Å². The molecule has 0 spiro atoms. The van der Waals surface area contributed by atoms with E-state index in [1.54, 1.807) is 54.6 Å². The van der Waals surface area contributed by atoms with Gasteiger partial charge >= 0.3 is 0 Å². The van der Waals surface area contributed by atoms with Gasteiger partial charge in [-0.25, -0.2) is 8.42 Å². The third-order valence-corrected chi connectivity index (χ3v) is 6.71. The summed E-state index contributed by atoms with van der Waals surface area (Å²) >= 11 is 0. The number of amides is 1. The van der Waals surface area contributed by atoms with E-state index in [0.717, 1.165) is 9.87 Å². The van der Waals surface area contributed by atoms with Gasteiger partial charge < -0.3 is 19.5 Å². The summed E-state index contributed by atoms with van der Waals surface area (Å²) in [5.74, 6) is 0.868. The lowest BCUT2D eigenvalue weighted by atomic mass is 10.2. The Hall–Kier alpha value is -3.72. The van der Waals surface area contributed by atoms with E-state index in [4.69, 9.17) is 14.2 Å². The number of nitrogens with zero attached hydrogens (tertiary/aromatic N) is 1. The SMILES string of the molecule is COc1cccc(N(CC(=O)Nc2ccc(OC)cc2OC)S(=O)(=O)c2ccc(C)cc2)c1. The summed E-state index contributed by atoms with van der Waals surface area (Å²) in [5, 5.41) is 2.72. The molecule has 0 aliphatic heterocycles. The molecule has 0 heterocycles. The Morgan fingerprint density at radius 2 is 1.55 bits per heavy atom. The van der Waals surface area contributed by atoms with E-state index in [-0.39, 0.29) is 4.90 Å². The van der Waals surface area contributed by atoms with Crippen LogP contribution in [-0.4, -0.2) is 42.2 Å². The summed E-state index contributed by atoms with van der Waals surface area (Å²) in [5.41, 5.74) is 1.61. The van der Waals surface area contributed by atoms with Crippen LogP contribution in [0.2, 0.25) is 0 Å². The van der Waals surface area contributed by atoms with Crippen LogP contribution in [0, 0.1) is 6.92 Å². The molecule has 0 aliphatic carbocycles. The van der Waals surface area contributed by atoms with Crippen molar-refractivity contribution in [2.24, 2.45) is 0 Å². The lowest BCUT2D eigenvalue weighted by Gasteiger charge is -2.24. The van der Waals surface area contributed by atoms with E-state index in [0.29, 0.717) is 28.6 Å². The number of hydrogen-bond acceptors (Lipinski definition) is 6. The van der Waals surface area contributed by atoms with Gasteiger partial charge in [0.05, 0.1) is 37.6 Å². The highest BCUT2D eigenvalue weighted by Gasteiger charge is 2.28.